The highest BCUT2D eigenvalue weighted by molar-refractivity contribution is 6.63. The molecule has 0 amide bonds. The molecule has 0 heterocycles. The van der Waals surface area contributed by atoms with Gasteiger partial charge in [-0.3, -0.25) is 0 Å². The van der Waals surface area contributed by atoms with Crippen LogP contribution >= 0.6 is 23.2 Å². The minimum absolute atomic E-state index is 0.601. The summed E-state index contributed by atoms with van der Waals surface area (Å²) in [5.41, 5.74) is 0. The summed E-state index contributed by atoms with van der Waals surface area (Å²) in [6.45, 7) is 2.53. The first kappa shape index (κ1) is 7.25. The number of rotatable bonds is 2. The summed E-state index contributed by atoms with van der Waals surface area (Å²) in [7, 11) is 0. The van der Waals surface area contributed by atoms with E-state index in [9.17, 15) is 0 Å². The molecule has 0 spiro atoms. The first-order valence-electron chi connectivity index (χ1n) is 2.06. The van der Waals surface area contributed by atoms with Gasteiger partial charge < -0.3 is 0 Å². The topological polar surface area (TPSA) is 14.0 Å². The molecule has 0 fully saturated rings. The Morgan fingerprint density at radius 2 is 2.29 bits per heavy atom. The van der Waals surface area contributed by atoms with Gasteiger partial charge >= 0.3 is 0 Å². The number of hydrogen-bond acceptors (Lipinski definition) is 0. The maximum absolute atomic E-state index is 5.40. The van der Waals surface area contributed by atoms with Crippen molar-refractivity contribution in [2.75, 3.05) is 12.4 Å². The molecule has 1 N–H and O–H groups in total. The molecule has 0 radical (unpaired) electrons. The van der Waals surface area contributed by atoms with Gasteiger partial charge in [0.1, 0.15) is 0 Å². The van der Waals surface area contributed by atoms with E-state index in [-0.39, 0.29) is 0 Å². The minimum atomic E-state index is 0.601. The number of alkyl halides is 1. The van der Waals surface area contributed by atoms with Gasteiger partial charge in [-0.25, -0.2) is 4.99 Å². The quantitative estimate of drug-likeness (QED) is 0.409. The van der Waals surface area contributed by atoms with Gasteiger partial charge in [-0.1, -0.05) is 0 Å². The second-order valence-electron chi connectivity index (χ2n) is 1.15. The van der Waals surface area contributed by atoms with Gasteiger partial charge in [-0.2, -0.15) is 0 Å². The molecule has 0 rings (SSSR count). The lowest BCUT2D eigenvalue weighted by Crippen LogP contribution is -2.71. The average Bonchev–Trinajstić information content (AvgIpc) is 1.61. The molecule has 7 heavy (non-hydrogen) atoms. The lowest BCUT2D eigenvalue weighted by Gasteiger charge is -1.75. The van der Waals surface area contributed by atoms with Gasteiger partial charge in [0.05, 0.1) is 5.88 Å². The summed E-state index contributed by atoms with van der Waals surface area (Å²) in [5.74, 6) is 0.601. The summed E-state index contributed by atoms with van der Waals surface area (Å²) in [6, 6.07) is 0. The normalized spacial score (nSPS) is 12.1. The van der Waals surface area contributed by atoms with Crippen LogP contribution in [0.25, 0.3) is 0 Å². The molecule has 1 nitrogen and oxygen atoms in total. The molecule has 42 valence electrons. The van der Waals surface area contributed by atoms with Crippen LogP contribution in [0.1, 0.15) is 6.92 Å². The second-order valence-corrected chi connectivity index (χ2v) is 2.09. The Morgan fingerprint density at radius 3 is 2.43 bits per heavy atom. The highest BCUT2D eigenvalue weighted by atomic mass is 35.5. The summed E-state index contributed by atoms with van der Waals surface area (Å²) in [5, 5.41) is 0.695. The zero-order chi connectivity index (χ0) is 5.70. The lowest BCUT2D eigenvalue weighted by atomic mass is 10.7. The lowest BCUT2D eigenvalue weighted by molar-refractivity contribution is -0.449. The fourth-order valence-electron chi connectivity index (χ4n) is 0.219. The third-order valence-electron chi connectivity index (χ3n) is 0.463. The number of hydrogen-bond donors (Lipinski definition) is 1. The molecule has 0 saturated carbocycles. The van der Waals surface area contributed by atoms with Crippen molar-refractivity contribution >= 4 is 28.4 Å². The van der Waals surface area contributed by atoms with Crippen LogP contribution in [0.5, 0.6) is 0 Å². The summed E-state index contributed by atoms with van der Waals surface area (Å²) >= 11 is 10.7. The van der Waals surface area contributed by atoms with E-state index in [1.165, 1.54) is 0 Å². The molecule has 0 aromatic carbocycles. The third kappa shape index (κ3) is 6.25. The van der Waals surface area contributed by atoms with E-state index in [0.29, 0.717) is 11.1 Å². The summed E-state index contributed by atoms with van der Waals surface area (Å²) in [6.07, 6.45) is 0. The Kier molecular flexibility index (Phi) is 4.57. The van der Waals surface area contributed by atoms with E-state index < -0.39 is 0 Å². The molecule has 0 aliphatic rings. The van der Waals surface area contributed by atoms with Crippen molar-refractivity contribution in [2.45, 2.75) is 6.92 Å². The van der Waals surface area contributed by atoms with Crippen molar-refractivity contribution in [2.24, 2.45) is 0 Å². The van der Waals surface area contributed by atoms with Gasteiger partial charge in [-0.15, -0.1) is 11.6 Å². The van der Waals surface area contributed by atoms with E-state index in [4.69, 9.17) is 23.2 Å². The Labute approximate surface area is 53.3 Å². The molecule has 0 aliphatic heterocycles. The van der Waals surface area contributed by atoms with E-state index >= 15 is 0 Å². The standard InChI is InChI=1S/C4H7Cl2N/c1-4(6)7-3-2-5/h2-3H2,1H3/p+1. The minimum Gasteiger partial charge on any atom is -0.235 e. The zero-order valence-corrected chi connectivity index (χ0v) is 5.68. The first-order chi connectivity index (χ1) is 3.27. The van der Waals surface area contributed by atoms with Crippen LogP contribution in [0.15, 0.2) is 0 Å². The Balaban J connectivity index is 3.08. The van der Waals surface area contributed by atoms with Crippen LogP contribution in [0, 0.1) is 0 Å². The Hall–Kier alpha value is 0.250. The molecule has 0 aliphatic carbocycles. The molecular weight excluding hydrogens is 133 g/mol. The van der Waals surface area contributed by atoms with Crippen molar-refractivity contribution < 1.29 is 4.99 Å². The maximum atomic E-state index is 5.40. The van der Waals surface area contributed by atoms with Crippen LogP contribution in [0.4, 0.5) is 0 Å². The molecule has 0 saturated heterocycles. The predicted octanol–water partition coefficient (Wildman–Crippen LogP) is -0.0370. The van der Waals surface area contributed by atoms with Crippen LogP contribution in [0.2, 0.25) is 0 Å². The monoisotopic (exact) mass is 140 g/mol. The van der Waals surface area contributed by atoms with Crippen molar-refractivity contribution in [3.63, 3.8) is 0 Å². The molecule has 3 heteroatoms. The fourth-order valence-corrected chi connectivity index (χ4v) is 0.408. The predicted molar refractivity (Wildman–Crippen MR) is 33.1 cm³/mol. The summed E-state index contributed by atoms with van der Waals surface area (Å²) in [4.78, 5) is 2.85. The molecule has 0 unspecified atom stereocenters. The SMILES string of the molecule is CC(Cl)=[NH+]CCCl. The molecule has 0 aromatic heterocycles. The average molecular weight is 141 g/mol. The first-order valence-corrected chi connectivity index (χ1v) is 2.97. The smallest absolute Gasteiger partial charge is 0.235 e. The second kappa shape index (κ2) is 4.41. The Bertz CT molecular complexity index is 66.1. The van der Waals surface area contributed by atoms with Crippen LogP contribution in [0.3, 0.4) is 0 Å². The molecular formula is C4H8Cl2N+. The Morgan fingerprint density at radius 1 is 1.71 bits per heavy atom. The molecule has 0 aromatic rings. The van der Waals surface area contributed by atoms with Crippen molar-refractivity contribution in [3.05, 3.63) is 0 Å². The third-order valence-corrected chi connectivity index (χ3v) is 0.786. The van der Waals surface area contributed by atoms with E-state index in [1.807, 2.05) is 0 Å². The molecule has 0 bridgehead atoms. The van der Waals surface area contributed by atoms with Gasteiger partial charge in [-0.05, 0) is 11.6 Å². The van der Waals surface area contributed by atoms with Gasteiger partial charge in [0.25, 0.3) is 0 Å². The van der Waals surface area contributed by atoms with E-state index in [0.717, 1.165) is 6.54 Å². The molecule has 0 atom stereocenters. The highest BCUT2D eigenvalue weighted by Crippen LogP contribution is 1.66. The van der Waals surface area contributed by atoms with Gasteiger partial charge in [0, 0.05) is 6.92 Å². The van der Waals surface area contributed by atoms with Gasteiger partial charge in [0.2, 0.25) is 5.17 Å². The zero-order valence-electron chi connectivity index (χ0n) is 4.17. The number of nitrogens with one attached hydrogen (secondary N) is 1. The van der Waals surface area contributed by atoms with Crippen LogP contribution in [-0.4, -0.2) is 17.6 Å². The largest absolute Gasteiger partial charge is 0.240 e. The number of halogens is 2. The van der Waals surface area contributed by atoms with Crippen molar-refractivity contribution in [1.29, 1.82) is 0 Å². The summed E-state index contributed by atoms with van der Waals surface area (Å²) < 4.78 is 0. The van der Waals surface area contributed by atoms with Crippen LogP contribution in [-0.2, 0) is 0 Å². The van der Waals surface area contributed by atoms with Crippen molar-refractivity contribution in [1.82, 2.24) is 0 Å². The van der Waals surface area contributed by atoms with Crippen LogP contribution < -0.4 is 4.99 Å². The fraction of sp³-hybridized carbons (Fsp3) is 0.750. The maximum Gasteiger partial charge on any atom is 0.240 e. The van der Waals surface area contributed by atoms with Crippen molar-refractivity contribution in [3.8, 4) is 0 Å². The van der Waals surface area contributed by atoms with E-state index in [1.54, 1.807) is 6.92 Å². The van der Waals surface area contributed by atoms with E-state index in [2.05, 4.69) is 4.99 Å². The van der Waals surface area contributed by atoms with Gasteiger partial charge in [0.15, 0.2) is 6.54 Å². The highest BCUT2D eigenvalue weighted by Gasteiger charge is 1.85.